The lowest BCUT2D eigenvalue weighted by molar-refractivity contribution is 0.222. The largest absolute Gasteiger partial charge is 0.508 e. The second kappa shape index (κ2) is 7.63. The summed E-state index contributed by atoms with van der Waals surface area (Å²) < 4.78 is 12.2. The van der Waals surface area contributed by atoms with Crippen LogP contribution in [-0.4, -0.2) is 25.5 Å². The molecule has 0 radical (unpaired) electrons. The maximum atomic E-state index is 11.1. The van der Waals surface area contributed by atoms with E-state index in [1.54, 1.807) is 48.5 Å². The summed E-state index contributed by atoms with van der Waals surface area (Å²) in [5.41, 5.74) is 2.90. The van der Waals surface area contributed by atoms with Crippen LogP contribution in [0.5, 0.6) is 34.5 Å². The predicted molar refractivity (Wildman–Crippen MR) is 128 cm³/mol. The van der Waals surface area contributed by atoms with Gasteiger partial charge in [-0.15, -0.1) is 0 Å². The Bertz CT molecular complexity index is 1560. The van der Waals surface area contributed by atoms with Crippen molar-refractivity contribution < 1.29 is 34.7 Å². The number of ether oxygens (including phenoxy) is 1. The van der Waals surface area contributed by atoms with Crippen LogP contribution in [0.4, 0.5) is 0 Å². The first-order valence-electron chi connectivity index (χ1n) is 10.9. The monoisotopic (exact) mass is 468 g/mol. The molecule has 35 heavy (non-hydrogen) atoms. The molecule has 174 valence electrons. The number of rotatable bonds is 3. The zero-order valence-electron chi connectivity index (χ0n) is 18.2. The zero-order chi connectivity index (χ0) is 24.3. The van der Waals surface area contributed by atoms with E-state index in [2.05, 4.69) is 0 Å². The molecule has 0 saturated heterocycles. The van der Waals surface area contributed by atoms with E-state index in [0.717, 1.165) is 10.9 Å². The first-order chi connectivity index (χ1) is 16.9. The van der Waals surface area contributed by atoms with Crippen LogP contribution in [0, 0.1) is 0 Å². The van der Waals surface area contributed by atoms with E-state index < -0.39 is 12.0 Å². The van der Waals surface area contributed by atoms with Gasteiger partial charge in [-0.1, -0.05) is 12.1 Å². The highest BCUT2D eigenvalue weighted by Crippen LogP contribution is 2.55. The Morgan fingerprint density at radius 2 is 1.31 bits per heavy atom. The van der Waals surface area contributed by atoms with E-state index >= 15 is 0 Å². The predicted octanol–water partition coefficient (Wildman–Crippen LogP) is 5.89. The Morgan fingerprint density at radius 1 is 0.600 bits per heavy atom. The van der Waals surface area contributed by atoms with E-state index in [9.17, 15) is 25.5 Å². The second-order valence-electron chi connectivity index (χ2n) is 8.63. The Kier molecular flexibility index (Phi) is 4.54. The van der Waals surface area contributed by atoms with Crippen LogP contribution in [0.15, 0.2) is 83.3 Å². The summed E-state index contributed by atoms with van der Waals surface area (Å²) in [6.07, 6.45) is -0.597. The van der Waals surface area contributed by atoms with Gasteiger partial charge in [0.15, 0.2) is 0 Å². The van der Waals surface area contributed by atoms with Gasteiger partial charge in [0.25, 0.3) is 0 Å². The van der Waals surface area contributed by atoms with Crippen molar-refractivity contribution in [3.63, 3.8) is 0 Å². The summed E-state index contributed by atoms with van der Waals surface area (Å²) in [6.45, 7) is 0. The molecule has 0 saturated carbocycles. The van der Waals surface area contributed by atoms with Crippen molar-refractivity contribution in [1.82, 2.24) is 0 Å². The SMILES string of the molecule is Oc1ccc([C@H]2Oc3cc(-c4cc5ccc(O)cc5o4)cc(O)c3[C@@H]2c2cc(O)cc(O)c2)cc1. The van der Waals surface area contributed by atoms with E-state index in [-0.39, 0.29) is 28.7 Å². The molecule has 6 rings (SSSR count). The van der Waals surface area contributed by atoms with E-state index in [4.69, 9.17) is 9.15 Å². The van der Waals surface area contributed by atoms with Crippen LogP contribution in [0.25, 0.3) is 22.3 Å². The Labute approximate surface area is 199 Å². The van der Waals surface area contributed by atoms with Gasteiger partial charge in [-0.25, -0.2) is 0 Å². The number of hydrogen-bond acceptors (Lipinski definition) is 7. The van der Waals surface area contributed by atoms with Crippen LogP contribution >= 0.6 is 0 Å². The molecular formula is C28H20O7. The fourth-order valence-electron chi connectivity index (χ4n) is 4.75. The van der Waals surface area contributed by atoms with Crippen molar-refractivity contribution in [3.05, 3.63) is 95.6 Å². The molecule has 7 heteroatoms. The van der Waals surface area contributed by atoms with Crippen molar-refractivity contribution in [2.75, 3.05) is 0 Å². The maximum absolute atomic E-state index is 11.1. The van der Waals surface area contributed by atoms with Crippen LogP contribution in [0.3, 0.4) is 0 Å². The number of aromatic hydroxyl groups is 5. The topological polar surface area (TPSA) is 124 Å². The number of phenolic OH excluding ortho intramolecular Hbond substituents is 5. The minimum absolute atomic E-state index is 0.0325. The van der Waals surface area contributed by atoms with Crippen molar-refractivity contribution >= 4 is 11.0 Å². The number of furan rings is 1. The minimum Gasteiger partial charge on any atom is -0.508 e. The highest BCUT2D eigenvalue weighted by atomic mass is 16.5. The molecule has 0 spiro atoms. The normalized spacial score (nSPS) is 16.8. The highest BCUT2D eigenvalue weighted by molar-refractivity contribution is 5.84. The number of hydrogen-bond donors (Lipinski definition) is 5. The maximum Gasteiger partial charge on any atom is 0.138 e. The molecule has 7 nitrogen and oxygen atoms in total. The molecule has 5 aromatic rings. The molecular weight excluding hydrogens is 448 g/mol. The molecule has 1 aliphatic rings. The smallest absolute Gasteiger partial charge is 0.138 e. The molecule has 0 bridgehead atoms. The van der Waals surface area contributed by atoms with Gasteiger partial charge in [-0.3, -0.25) is 0 Å². The fraction of sp³-hybridized carbons (Fsp3) is 0.0714. The second-order valence-corrected chi connectivity index (χ2v) is 8.63. The third kappa shape index (κ3) is 3.54. The summed E-state index contributed by atoms with van der Waals surface area (Å²) in [6, 6.07) is 20.8. The van der Waals surface area contributed by atoms with E-state index in [0.29, 0.717) is 33.8 Å². The van der Waals surface area contributed by atoms with Crippen LogP contribution in [-0.2, 0) is 0 Å². The van der Waals surface area contributed by atoms with Crippen molar-refractivity contribution in [3.8, 4) is 45.8 Å². The van der Waals surface area contributed by atoms with Crippen LogP contribution in [0.2, 0.25) is 0 Å². The molecule has 4 aromatic carbocycles. The number of fused-ring (bicyclic) bond motifs is 2. The average molecular weight is 468 g/mol. The van der Waals surface area contributed by atoms with Crippen molar-refractivity contribution in [2.45, 2.75) is 12.0 Å². The lowest BCUT2D eigenvalue weighted by atomic mass is 9.84. The molecule has 2 heterocycles. The molecule has 0 unspecified atom stereocenters. The fourth-order valence-corrected chi connectivity index (χ4v) is 4.75. The Balaban J connectivity index is 1.51. The van der Waals surface area contributed by atoms with Gasteiger partial charge in [0, 0.05) is 28.6 Å². The van der Waals surface area contributed by atoms with Crippen LogP contribution < -0.4 is 4.74 Å². The zero-order valence-corrected chi connectivity index (χ0v) is 18.2. The molecule has 0 amide bonds. The highest BCUT2D eigenvalue weighted by Gasteiger charge is 2.40. The first-order valence-corrected chi connectivity index (χ1v) is 10.9. The minimum atomic E-state index is -0.597. The lowest BCUT2D eigenvalue weighted by Crippen LogP contribution is -2.11. The lowest BCUT2D eigenvalue weighted by Gasteiger charge is -2.21. The molecule has 1 aromatic heterocycles. The molecule has 5 N–H and O–H groups in total. The van der Waals surface area contributed by atoms with Gasteiger partial charge in [0.1, 0.15) is 51.9 Å². The average Bonchev–Trinajstić information content (AvgIpc) is 3.40. The third-order valence-corrected chi connectivity index (χ3v) is 6.28. The molecule has 1 aliphatic heterocycles. The first kappa shape index (κ1) is 20.8. The van der Waals surface area contributed by atoms with Gasteiger partial charge in [-0.05, 0) is 65.7 Å². The molecule has 2 atom stereocenters. The van der Waals surface area contributed by atoms with E-state index in [1.807, 2.05) is 6.07 Å². The summed E-state index contributed by atoms with van der Waals surface area (Å²) in [7, 11) is 0. The quantitative estimate of drug-likeness (QED) is 0.224. The molecule has 0 fully saturated rings. The van der Waals surface area contributed by atoms with Gasteiger partial charge in [0.05, 0.1) is 5.92 Å². The summed E-state index contributed by atoms with van der Waals surface area (Å²) in [4.78, 5) is 0. The summed E-state index contributed by atoms with van der Waals surface area (Å²) in [5.74, 6) is 0.314. The standard InChI is InChI=1S/C28H20O7/c29-18-4-1-14(2-5-18)28-26(17-7-20(31)12-21(32)8-17)27-22(33)9-16(11-25(27)35-28)23-10-15-3-6-19(30)13-24(15)34-23/h1-13,26,28-33H/t26-,28+/m0/s1. The summed E-state index contributed by atoms with van der Waals surface area (Å²) >= 11 is 0. The number of phenols is 5. The van der Waals surface area contributed by atoms with Gasteiger partial charge in [-0.2, -0.15) is 0 Å². The Morgan fingerprint density at radius 3 is 2.06 bits per heavy atom. The molecule has 0 aliphatic carbocycles. The van der Waals surface area contributed by atoms with Gasteiger partial charge >= 0.3 is 0 Å². The summed E-state index contributed by atoms with van der Waals surface area (Å²) in [5, 5.41) is 51.7. The van der Waals surface area contributed by atoms with E-state index in [1.165, 1.54) is 24.3 Å². The van der Waals surface area contributed by atoms with Crippen molar-refractivity contribution in [2.24, 2.45) is 0 Å². The van der Waals surface area contributed by atoms with Crippen molar-refractivity contribution in [1.29, 1.82) is 0 Å². The van der Waals surface area contributed by atoms with Gasteiger partial charge in [0.2, 0.25) is 0 Å². The number of benzene rings is 4. The van der Waals surface area contributed by atoms with Crippen LogP contribution in [0.1, 0.15) is 28.7 Å². The van der Waals surface area contributed by atoms with Gasteiger partial charge < -0.3 is 34.7 Å². The third-order valence-electron chi connectivity index (χ3n) is 6.28. The Hall–Kier alpha value is -4.78.